The molecule has 0 saturated heterocycles. The predicted molar refractivity (Wildman–Crippen MR) is 184 cm³/mol. The standard InChI is InChI=1S/C36H69NO5S/c1-3-5-7-9-11-13-15-16-17-18-19-20-22-24-26-28-30-32-36(39)37-34(33-43(40,41)42)35(38)31-29-27-25-23-21-14-12-10-8-6-4-2/h11,13,16-17,34-35,38H,3-10,12,14-15,18-33H2,1-2H3,(H,37,39)(H,40,41,42)/b13-11-,17-16-. The summed E-state index contributed by atoms with van der Waals surface area (Å²) in [5.41, 5.74) is 0. The average molecular weight is 628 g/mol. The van der Waals surface area contributed by atoms with Crippen LogP contribution in [0.15, 0.2) is 24.3 Å². The van der Waals surface area contributed by atoms with Gasteiger partial charge in [-0.05, 0) is 44.9 Å². The van der Waals surface area contributed by atoms with Crippen LogP contribution in [0.1, 0.15) is 181 Å². The van der Waals surface area contributed by atoms with Crippen LogP contribution < -0.4 is 5.32 Å². The van der Waals surface area contributed by atoms with E-state index < -0.39 is 28.0 Å². The van der Waals surface area contributed by atoms with E-state index in [0.29, 0.717) is 12.8 Å². The van der Waals surface area contributed by atoms with E-state index in [0.717, 1.165) is 57.8 Å². The van der Waals surface area contributed by atoms with Crippen LogP contribution in [-0.2, 0) is 14.9 Å². The van der Waals surface area contributed by atoms with Crippen molar-refractivity contribution in [2.45, 2.75) is 193 Å². The van der Waals surface area contributed by atoms with E-state index >= 15 is 0 Å². The first-order valence-electron chi connectivity index (χ1n) is 18.0. The zero-order valence-electron chi connectivity index (χ0n) is 28.1. The van der Waals surface area contributed by atoms with Crippen molar-refractivity contribution in [3.05, 3.63) is 24.3 Å². The van der Waals surface area contributed by atoms with Gasteiger partial charge in [0, 0.05) is 6.42 Å². The molecule has 0 aliphatic heterocycles. The highest BCUT2D eigenvalue weighted by Gasteiger charge is 2.26. The molecule has 1 amide bonds. The van der Waals surface area contributed by atoms with Crippen LogP contribution in [-0.4, -0.2) is 41.9 Å². The maximum Gasteiger partial charge on any atom is 0.266 e. The van der Waals surface area contributed by atoms with E-state index in [2.05, 4.69) is 43.5 Å². The van der Waals surface area contributed by atoms with Gasteiger partial charge in [0.25, 0.3) is 10.1 Å². The van der Waals surface area contributed by atoms with E-state index in [4.69, 9.17) is 0 Å². The summed E-state index contributed by atoms with van der Waals surface area (Å²) >= 11 is 0. The minimum absolute atomic E-state index is 0.255. The van der Waals surface area contributed by atoms with Gasteiger partial charge in [-0.3, -0.25) is 9.35 Å². The summed E-state index contributed by atoms with van der Waals surface area (Å²) in [4.78, 5) is 12.5. The number of hydrogen-bond acceptors (Lipinski definition) is 4. The van der Waals surface area contributed by atoms with Gasteiger partial charge in [-0.2, -0.15) is 8.42 Å². The molecule has 0 heterocycles. The van der Waals surface area contributed by atoms with Crippen LogP contribution in [0.3, 0.4) is 0 Å². The number of carbonyl (C=O) groups is 1. The number of amides is 1. The molecular formula is C36H69NO5S. The topological polar surface area (TPSA) is 104 Å². The molecule has 0 aliphatic rings. The van der Waals surface area contributed by atoms with Gasteiger partial charge in [0.05, 0.1) is 17.9 Å². The van der Waals surface area contributed by atoms with E-state index in [1.807, 2.05) is 0 Å². The first kappa shape index (κ1) is 41.8. The lowest BCUT2D eigenvalue weighted by Crippen LogP contribution is -2.47. The van der Waals surface area contributed by atoms with Crippen molar-refractivity contribution in [2.24, 2.45) is 0 Å². The number of rotatable bonds is 32. The molecule has 2 unspecified atom stereocenters. The van der Waals surface area contributed by atoms with Crippen LogP contribution >= 0.6 is 0 Å². The summed E-state index contributed by atoms with van der Waals surface area (Å²) in [5, 5.41) is 13.3. The van der Waals surface area contributed by atoms with Crippen molar-refractivity contribution < 1.29 is 22.9 Å². The maximum atomic E-state index is 12.5. The molecule has 0 aliphatic carbocycles. The Morgan fingerprint density at radius 3 is 1.56 bits per heavy atom. The van der Waals surface area contributed by atoms with Gasteiger partial charge in [-0.15, -0.1) is 0 Å². The number of allylic oxidation sites excluding steroid dienone is 4. The van der Waals surface area contributed by atoms with E-state index in [9.17, 15) is 22.9 Å². The van der Waals surface area contributed by atoms with Crippen molar-refractivity contribution >= 4 is 16.0 Å². The quantitative estimate of drug-likeness (QED) is 0.0391. The third-order valence-corrected chi connectivity index (χ3v) is 8.94. The summed E-state index contributed by atoms with van der Waals surface area (Å²) in [7, 11) is -4.30. The smallest absolute Gasteiger partial charge is 0.266 e. The van der Waals surface area contributed by atoms with E-state index in [1.165, 1.54) is 96.3 Å². The molecular weight excluding hydrogens is 558 g/mol. The normalized spacial score (nSPS) is 13.7. The summed E-state index contributed by atoms with van der Waals surface area (Å²) in [6, 6.07) is -0.971. The molecule has 254 valence electrons. The Hall–Kier alpha value is -1.18. The van der Waals surface area contributed by atoms with Gasteiger partial charge in [-0.1, -0.05) is 154 Å². The maximum absolute atomic E-state index is 12.5. The van der Waals surface area contributed by atoms with Crippen LogP contribution in [0, 0.1) is 0 Å². The highest BCUT2D eigenvalue weighted by Crippen LogP contribution is 2.15. The Balaban J connectivity index is 3.93. The molecule has 7 heteroatoms. The first-order chi connectivity index (χ1) is 20.8. The highest BCUT2D eigenvalue weighted by atomic mass is 32.2. The van der Waals surface area contributed by atoms with Crippen molar-refractivity contribution in [3.63, 3.8) is 0 Å². The van der Waals surface area contributed by atoms with Crippen molar-refractivity contribution in [1.82, 2.24) is 5.32 Å². The second-order valence-electron chi connectivity index (χ2n) is 12.5. The fourth-order valence-electron chi connectivity index (χ4n) is 5.42. The largest absolute Gasteiger partial charge is 0.391 e. The zero-order valence-corrected chi connectivity index (χ0v) is 28.9. The second-order valence-corrected chi connectivity index (χ2v) is 14.0. The minimum Gasteiger partial charge on any atom is -0.391 e. The van der Waals surface area contributed by atoms with Crippen LogP contribution in [0.4, 0.5) is 0 Å². The van der Waals surface area contributed by atoms with Crippen LogP contribution in [0.5, 0.6) is 0 Å². The second kappa shape index (κ2) is 30.8. The molecule has 2 atom stereocenters. The molecule has 0 aromatic rings. The molecule has 43 heavy (non-hydrogen) atoms. The molecule has 0 radical (unpaired) electrons. The fourth-order valence-corrected chi connectivity index (χ4v) is 6.18. The Morgan fingerprint density at radius 1 is 0.628 bits per heavy atom. The average Bonchev–Trinajstić information content (AvgIpc) is 2.96. The predicted octanol–water partition coefficient (Wildman–Crippen LogP) is 10.0. The molecule has 0 saturated carbocycles. The van der Waals surface area contributed by atoms with Gasteiger partial charge in [0.1, 0.15) is 0 Å². The summed E-state index contributed by atoms with van der Waals surface area (Å²) < 4.78 is 32.3. The molecule has 3 N–H and O–H groups in total. The van der Waals surface area contributed by atoms with Crippen LogP contribution in [0.25, 0.3) is 0 Å². The van der Waals surface area contributed by atoms with E-state index in [1.54, 1.807) is 0 Å². The SMILES string of the molecule is CCCCC/C=C\C/C=C\CCCCCCCCCC(=O)NC(CS(=O)(=O)O)C(O)CCCCCCCCCCCCC. The Labute approximate surface area is 266 Å². The molecule has 0 aromatic heterocycles. The lowest BCUT2D eigenvalue weighted by Gasteiger charge is -2.23. The van der Waals surface area contributed by atoms with Crippen molar-refractivity contribution in [1.29, 1.82) is 0 Å². The number of carbonyl (C=O) groups excluding carboxylic acids is 1. The van der Waals surface area contributed by atoms with Gasteiger partial charge in [-0.25, -0.2) is 0 Å². The number of hydrogen-bond donors (Lipinski definition) is 3. The Morgan fingerprint density at radius 2 is 1.05 bits per heavy atom. The number of nitrogens with one attached hydrogen (secondary N) is 1. The number of unbranched alkanes of at least 4 members (excludes halogenated alkanes) is 20. The third-order valence-electron chi connectivity index (χ3n) is 8.16. The zero-order chi connectivity index (χ0) is 31.9. The van der Waals surface area contributed by atoms with Gasteiger partial charge >= 0.3 is 0 Å². The Kier molecular flexibility index (Phi) is 30.0. The molecule has 0 bridgehead atoms. The molecule has 6 nitrogen and oxygen atoms in total. The fraction of sp³-hybridized carbons (Fsp3) is 0.861. The molecule has 0 spiro atoms. The van der Waals surface area contributed by atoms with E-state index in [-0.39, 0.29) is 5.91 Å². The van der Waals surface area contributed by atoms with Crippen molar-refractivity contribution in [3.8, 4) is 0 Å². The first-order valence-corrected chi connectivity index (χ1v) is 19.6. The minimum atomic E-state index is -4.30. The van der Waals surface area contributed by atoms with Gasteiger partial charge < -0.3 is 10.4 Å². The highest BCUT2D eigenvalue weighted by molar-refractivity contribution is 7.85. The third kappa shape index (κ3) is 32.0. The summed E-state index contributed by atoms with van der Waals surface area (Å²) in [6.45, 7) is 4.47. The number of aliphatic hydroxyl groups is 1. The van der Waals surface area contributed by atoms with Crippen molar-refractivity contribution in [2.75, 3.05) is 5.75 Å². The summed E-state index contributed by atoms with van der Waals surface area (Å²) in [5.74, 6) is -0.905. The molecule has 0 rings (SSSR count). The summed E-state index contributed by atoms with van der Waals surface area (Å²) in [6.07, 6.45) is 36.9. The lowest BCUT2D eigenvalue weighted by molar-refractivity contribution is -0.122. The van der Waals surface area contributed by atoms with Gasteiger partial charge in [0.15, 0.2) is 0 Å². The van der Waals surface area contributed by atoms with Crippen LogP contribution in [0.2, 0.25) is 0 Å². The van der Waals surface area contributed by atoms with Gasteiger partial charge in [0.2, 0.25) is 5.91 Å². The molecule has 0 aromatic carbocycles. The number of aliphatic hydroxyl groups excluding tert-OH is 1. The lowest BCUT2D eigenvalue weighted by atomic mass is 10.0. The monoisotopic (exact) mass is 627 g/mol. The Bertz CT molecular complexity index is 781. The molecule has 0 fully saturated rings.